The molecule has 0 saturated carbocycles. The summed E-state index contributed by atoms with van der Waals surface area (Å²) >= 11 is 13.5. The summed E-state index contributed by atoms with van der Waals surface area (Å²) in [7, 11) is 0. The molecule has 0 spiro atoms. The van der Waals surface area contributed by atoms with Crippen molar-refractivity contribution in [1.29, 1.82) is 0 Å². The van der Waals surface area contributed by atoms with Gasteiger partial charge in [-0.15, -0.1) is 11.3 Å². The van der Waals surface area contributed by atoms with E-state index in [4.69, 9.17) is 23.2 Å². The fourth-order valence-electron chi connectivity index (χ4n) is 1.35. The van der Waals surface area contributed by atoms with Crippen LogP contribution in [0.1, 0.15) is 15.2 Å². The lowest BCUT2D eigenvalue weighted by molar-refractivity contribution is 0.103. The van der Waals surface area contributed by atoms with Crippen LogP contribution in [0.25, 0.3) is 0 Å². The van der Waals surface area contributed by atoms with Crippen LogP contribution in [0, 0.1) is 6.92 Å². The van der Waals surface area contributed by atoms with Gasteiger partial charge < -0.3 is 5.32 Å². The number of hydrogen-bond acceptors (Lipinski definition) is 2. The molecular formula is C12H9Cl2NOS. The molecule has 1 N–H and O–H groups in total. The van der Waals surface area contributed by atoms with Gasteiger partial charge in [0, 0.05) is 0 Å². The zero-order chi connectivity index (χ0) is 12.4. The summed E-state index contributed by atoms with van der Waals surface area (Å²) in [6.07, 6.45) is 0. The molecule has 0 atom stereocenters. The molecule has 0 fully saturated rings. The highest BCUT2D eigenvalue weighted by molar-refractivity contribution is 7.12. The second kappa shape index (κ2) is 5.08. The smallest absolute Gasteiger partial charge is 0.265 e. The highest BCUT2D eigenvalue weighted by atomic mass is 35.5. The van der Waals surface area contributed by atoms with Gasteiger partial charge in [0.05, 0.1) is 20.6 Å². The number of halogens is 2. The Hall–Kier alpha value is -1.03. The van der Waals surface area contributed by atoms with Crippen molar-refractivity contribution in [2.75, 3.05) is 5.32 Å². The lowest BCUT2D eigenvalue weighted by Crippen LogP contribution is -2.11. The third-order valence-electron chi connectivity index (χ3n) is 2.27. The van der Waals surface area contributed by atoms with Gasteiger partial charge in [0.15, 0.2) is 0 Å². The lowest BCUT2D eigenvalue weighted by Gasteiger charge is -2.10. The Balaban J connectivity index is 2.31. The normalized spacial score (nSPS) is 10.3. The summed E-state index contributed by atoms with van der Waals surface area (Å²) in [5.74, 6) is -0.200. The van der Waals surface area contributed by atoms with Crippen molar-refractivity contribution in [3.63, 3.8) is 0 Å². The van der Waals surface area contributed by atoms with Crippen molar-refractivity contribution >= 4 is 46.1 Å². The van der Waals surface area contributed by atoms with Crippen molar-refractivity contribution < 1.29 is 4.79 Å². The van der Waals surface area contributed by atoms with Crippen LogP contribution in [0.15, 0.2) is 29.6 Å². The molecule has 88 valence electrons. The quantitative estimate of drug-likeness (QED) is 0.857. The first-order valence-electron chi connectivity index (χ1n) is 4.89. The van der Waals surface area contributed by atoms with Gasteiger partial charge in [-0.1, -0.05) is 35.3 Å². The average molecular weight is 286 g/mol. The molecule has 2 rings (SSSR count). The Morgan fingerprint density at radius 2 is 2.06 bits per heavy atom. The predicted molar refractivity (Wildman–Crippen MR) is 73.5 cm³/mol. The number of rotatable bonds is 2. The maximum absolute atomic E-state index is 11.9. The Morgan fingerprint density at radius 1 is 1.29 bits per heavy atom. The Kier molecular flexibility index (Phi) is 3.72. The Morgan fingerprint density at radius 3 is 2.71 bits per heavy atom. The number of thiophene rings is 1. The molecule has 0 aliphatic rings. The molecule has 2 nitrogen and oxygen atoms in total. The summed E-state index contributed by atoms with van der Waals surface area (Å²) in [4.78, 5) is 12.5. The molecule has 0 bridgehead atoms. The summed E-state index contributed by atoms with van der Waals surface area (Å²) < 4.78 is 0. The molecule has 0 aliphatic carbocycles. The number of benzene rings is 1. The average Bonchev–Trinajstić information content (AvgIpc) is 2.83. The summed E-state index contributed by atoms with van der Waals surface area (Å²) in [5, 5.41) is 5.48. The van der Waals surface area contributed by atoms with Gasteiger partial charge in [-0.25, -0.2) is 0 Å². The van der Waals surface area contributed by atoms with E-state index in [1.165, 1.54) is 11.3 Å². The van der Waals surface area contributed by atoms with E-state index < -0.39 is 0 Å². The summed E-state index contributed by atoms with van der Waals surface area (Å²) in [5.41, 5.74) is 1.34. The maximum Gasteiger partial charge on any atom is 0.265 e. The van der Waals surface area contributed by atoms with Crippen molar-refractivity contribution in [3.05, 3.63) is 50.1 Å². The number of anilines is 1. The van der Waals surface area contributed by atoms with Crippen molar-refractivity contribution in [3.8, 4) is 0 Å². The van der Waals surface area contributed by atoms with Gasteiger partial charge in [0.1, 0.15) is 0 Å². The largest absolute Gasteiger partial charge is 0.319 e. The van der Waals surface area contributed by atoms with Crippen LogP contribution >= 0.6 is 34.5 Å². The molecule has 0 saturated heterocycles. The van der Waals surface area contributed by atoms with E-state index in [2.05, 4.69) is 5.32 Å². The van der Waals surface area contributed by atoms with Crippen LogP contribution in [-0.2, 0) is 0 Å². The van der Waals surface area contributed by atoms with Gasteiger partial charge in [0.25, 0.3) is 5.91 Å². The van der Waals surface area contributed by atoms with Crippen LogP contribution in [0.2, 0.25) is 10.0 Å². The zero-order valence-electron chi connectivity index (χ0n) is 8.96. The monoisotopic (exact) mass is 285 g/mol. The second-order valence-electron chi connectivity index (χ2n) is 3.48. The highest BCUT2D eigenvalue weighted by Gasteiger charge is 2.13. The highest BCUT2D eigenvalue weighted by Crippen LogP contribution is 2.33. The van der Waals surface area contributed by atoms with E-state index in [9.17, 15) is 4.79 Å². The first kappa shape index (κ1) is 12.4. The van der Waals surface area contributed by atoms with Crippen LogP contribution in [-0.4, -0.2) is 5.91 Å². The van der Waals surface area contributed by atoms with E-state index in [0.29, 0.717) is 20.6 Å². The molecule has 1 aromatic carbocycles. The summed E-state index contributed by atoms with van der Waals surface area (Å²) in [6.45, 7) is 1.86. The van der Waals surface area contributed by atoms with Crippen LogP contribution in [0.3, 0.4) is 0 Å². The molecule has 0 radical (unpaired) electrons. The van der Waals surface area contributed by atoms with Crippen LogP contribution in [0.4, 0.5) is 5.69 Å². The number of hydrogen-bond donors (Lipinski definition) is 1. The van der Waals surface area contributed by atoms with E-state index in [0.717, 1.165) is 5.56 Å². The van der Waals surface area contributed by atoms with Gasteiger partial charge >= 0.3 is 0 Å². The fraction of sp³-hybridized carbons (Fsp3) is 0.0833. The number of aryl methyl sites for hydroxylation is 1. The fourth-order valence-corrected chi connectivity index (χ4v) is 2.44. The maximum atomic E-state index is 11.9. The van der Waals surface area contributed by atoms with E-state index in [1.807, 2.05) is 24.4 Å². The van der Waals surface area contributed by atoms with Gasteiger partial charge in [-0.3, -0.25) is 4.79 Å². The molecule has 1 aromatic heterocycles. The van der Waals surface area contributed by atoms with Gasteiger partial charge in [-0.2, -0.15) is 0 Å². The van der Waals surface area contributed by atoms with Gasteiger partial charge in [0.2, 0.25) is 0 Å². The number of carbonyl (C=O) groups excluding carboxylic acids is 1. The Labute approximate surface area is 113 Å². The SMILES string of the molecule is Cc1ccc(Cl)c(NC(=O)c2cccs2)c1Cl. The third kappa shape index (κ3) is 2.63. The number of nitrogens with one attached hydrogen (secondary N) is 1. The minimum absolute atomic E-state index is 0.200. The van der Waals surface area contributed by atoms with Crippen LogP contribution in [0.5, 0.6) is 0 Å². The molecule has 1 amide bonds. The topological polar surface area (TPSA) is 29.1 Å². The first-order chi connectivity index (χ1) is 8.09. The zero-order valence-corrected chi connectivity index (χ0v) is 11.3. The van der Waals surface area contributed by atoms with Crippen molar-refractivity contribution in [2.24, 2.45) is 0 Å². The van der Waals surface area contributed by atoms with Gasteiger partial charge in [-0.05, 0) is 30.0 Å². The minimum atomic E-state index is -0.200. The lowest BCUT2D eigenvalue weighted by atomic mass is 10.2. The predicted octanol–water partition coefficient (Wildman–Crippen LogP) is 4.62. The molecule has 5 heteroatoms. The molecule has 0 unspecified atom stereocenters. The third-order valence-corrected chi connectivity index (χ3v) is 3.94. The molecular weight excluding hydrogens is 277 g/mol. The number of amides is 1. The van der Waals surface area contributed by atoms with E-state index in [-0.39, 0.29) is 5.91 Å². The van der Waals surface area contributed by atoms with E-state index in [1.54, 1.807) is 12.1 Å². The minimum Gasteiger partial charge on any atom is -0.319 e. The first-order valence-corrected chi connectivity index (χ1v) is 6.52. The molecule has 0 aliphatic heterocycles. The number of carbonyl (C=O) groups is 1. The van der Waals surface area contributed by atoms with Crippen molar-refractivity contribution in [1.82, 2.24) is 0 Å². The standard InChI is InChI=1S/C12H9Cl2NOS/c1-7-4-5-8(13)11(10(7)14)15-12(16)9-3-2-6-17-9/h2-6H,1H3,(H,15,16). The van der Waals surface area contributed by atoms with Crippen LogP contribution < -0.4 is 5.32 Å². The summed E-state index contributed by atoms with van der Waals surface area (Å²) in [6, 6.07) is 7.09. The molecule has 17 heavy (non-hydrogen) atoms. The molecule has 1 heterocycles. The second-order valence-corrected chi connectivity index (χ2v) is 5.22. The Bertz CT molecular complexity index is 552. The van der Waals surface area contributed by atoms with Crippen molar-refractivity contribution in [2.45, 2.75) is 6.92 Å². The molecule has 2 aromatic rings. The van der Waals surface area contributed by atoms with E-state index >= 15 is 0 Å².